The highest BCUT2D eigenvalue weighted by Crippen LogP contribution is 2.22. The maximum atomic E-state index is 13.6. The molecule has 0 aliphatic carbocycles. The van der Waals surface area contributed by atoms with Crippen molar-refractivity contribution in [1.29, 1.82) is 0 Å². The van der Waals surface area contributed by atoms with E-state index in [4.69, 9.17) is 5.73 Å². The number of aromatic amines is 1. The van der Waals surface area contributed by atoms with Crippen LogP contribution >= 0.6 is 0 Å². The summed E-state index contributed by atoms with van der Waals surface area (Å²) in [5.41, 5.74) is 7.85. The average molecular weight is 448 g/mol. The maximum Gasteiger partial charge on any atom is 0.256 e. The number of benzene rings is 2. The lowest BCUT2D eigenvalue weighted by Gasteiger charge is -2.24. The Morgan fingerprint density at radius 3 is 2.79 bits per heavy atom. The Hall–Kier alpha value is -3.78. The van der Waals surface area contributed by atoms with Gasteiger partial charge in [-0.05, 0) is 68.4 Å². The summed E-state index contributed by atoms with van der Waals surface area (Å²) in [6.07, 6.45) is 4.78. The average Bonchev–Trinajstić information content (AvgIpc) is 3.28. The Bertz CT molecular complexity index is 1280. The number of hydrogen-bond donors (Lipinski definition) is 3. The fraction of sp³-hybridized carbons (Fsp3) is 0.240. The van der Waals surface area contributed by atoms with E-state index in [9.17, 15) is 14.0 Å². The first kappa shape index (κ1) is 22.4. The number of amides is 1. The first-order valence-electron chi connectivity index (χ1n) is 10.8. The summed E-state index contributed by atoms with van der Waals surface area (Å²) in [6.45, 7) is 1.54. The number of nitrogens with zero attached hydrogens (tertiary/aromatic N) is 2. The molecular weight excluding hydrogens is 421 g/mol. The Morgan fingerprint density at radius 1 is 1.27 bits per heavy atom. The van der Waals surface area contributed by atoms with Gasteiger partial charge in [-0.15, -0.1) is 0 Å². The van der Waals surface area contributed by atoms with Crippen LogP contribution in [0.15, 0.2) is 64.5 Å². The quantitative estimate of drug-likeness (QED) is 0.505. The molecule has 0 bridgehead atoms. The second-order valence-electron chi connectivity index (χ2n) is 8.02. The van der Waals surface area contributed by atoms with Crippen LogP contribution in [0.4, 0.5) is 10.1 Å². The zero-order chi connectivity index (χ0) is 23.4. The van der Waals surface area contributed by atoms with E-state index in [0.29, 0.717) is 27.7 Å². The van der Waals surface area contributed by atoms with Crippen LogP contribution in [0.1, 0.15) is 28.8 Å². The van der Waals surface area contributed by atoms with Crippen LogP contribution in [0.3, 0.4) is 0 Å². The number of allylic oxidation sites excluding steroid dienone is 1. The topological polar surface area (TPSA) is 104 Å². The van der Waals surface area contributed by atoms with Crippen molar-refractivity contribution in [3.05, 3.63) is 82.0 Å². The van der Waals surface area contributed by atoms with Gasteiger partial charge in [-0.2, -0.15) is 0 Å². The predicted molar refractivity (Wildman–Crippen MR) is 129 cm³/mol. The number of H-pyrrole nitrogens is 1. The van der Waals surface area contributed by atoms with E-state index in [1.165, 1.54) is 30.6 Å². The molecular formula is C25H26FN5O2. The fourth-order valence-electron chi connectivity index (χ4n) is 4.15. The number of aliphatic imine (C=N–C) groups is 1. The molecule has 1 amide bonds. The van der Waals surface area contributed by atoms with Crippen LogP contribution in [0, 0.1) is 5.82 Å². The molecule has 170 valence electrons. The highest BCUT2D eigenvalue weighted by atomic mass is 19.1. The molecule has 0 saturated carbocycles. The first-order valence-corrected chi connectivity index (χ1v) is 10.8. The number of fused-ring (bicyclic) bond motifs is 1. The molecule has 1 aliphatic heterocycles. The van der Waals surface area contributed by atoms with Crippen LogP contribution in [0.5, 0.6) is 0 Å². The van der Waals surface area contributed by atoms with Crippen LogP contribution in [-0.2, 0) is 0 Å². The number of nitrogens with one attached hydrogen (secondary N) is 2. The van der Waals surface area contributed by atoms with Crippen molar-refractivity contribution in [1.82, 2.24) is 15.2 Å². The van der Waals surface area contributed by atoms with E-state index < -0.39 is 5.82 Å². The van der Waals surface area contributed by atoms with Crippen molar-refractivity contribution in [3.63, 3.8) is 0 Å². The van der Waals surface area contributed by atoms with Gasteiger partial charge in [0.1, 0.15) is 5.82 Å². The molecule has 33 heavy (non-hydrogen) atoms. The normalized spacial score (nSPS) is 16.7. The van der Waals surface area contributed by atoms with Crippen molar-refractivity contribution < 1.29 is 9.18 Å². The number of hydrogen-bond acceptors (Lipinski definition) is 5. The molecule has 4 rings (SSSR count). The van der Waals surface area contributed by atoms with E-state index >= 15 is 0 Å². The highest BCUT2D eigenvalue weighted by Gasteiger charge is 2.28. The molecule has 1 fully saturated rings. The number of pyridine rings is 1. The van der Waals surface area contributed by atoms with Gasteiger partial charge in [0.15, 0.2) is 0 Å². The SMILES string of the molecule is CNC[C@@H]1CCCN1C(=O)c1ccc(N=CC(=CN)c2cc3cc(F)ccc3[nH]c2=O)cc1. The minimum absolute atomic E-state index is 0.0146. The van der Waals surface area contributed by atoms with Crippen molar-refractivity contribution in [2.24, 2.45) is 10.7 Å². The lowest BCUT2D eigenvalue weighted by Crippen LogP contribution is -2.40. The van der Waals surface area contributed by atoms with Gasteiger partial charge < -0.3 is 20.9 Å². The molecule has 0 unspecified atom stereocenters. The molecule has 2 heterocycles. The lowest BCUT2D eigenvalue weighted by atomic mass is 10.1. The molecule has 1 saturated heterocycles. The smallest absolute Gasteiger partial charge is 0.256 e. The Labute approximate surface area is 190 Å². The summed E-state index contributed by atoms with van der Waals surface area (Å²) < 4.78 is 13.6. The van der Waals surface area contributed by atoms with Gasteiger partial charge in [0.2, 0.25) is 0 Å². The van der Waals surface area contributed by atoms with Crippen molar-refractivity contribution in [2.45, 2.75) is 18.9 Å². The van der Waals surface area contributed by atoms with Crippen molar-refractivity contribution in [2.75, 3.05) is 20.1 Å². The van der Waals surface area contributed by atoms with E-state index in [0.717, 1.165) is 25.9 Å². The zero-order valence-electron chi connectivity index (χ0n) is 18.3. The maximum absolute atomic E-state index is 13.6. The zero-order valence-corrected chi connectivity index (χ0v) is 18.3. The van der Waals surface area contributed by atoms with Crippen LogP contribution in [0.25, 0.3) is 16.5 Å². The molecule has 1 aromatic heterocycles. The minimum atomic E-state index is -0.395. The van der Waals surface area contributed by atoms with Crippen LogP contribution in [0.2, 0.25) is 0 Å². The summed E-state index contributed by atoms with van der Waals surface area (Å²) in [5.74, 6) is -0.381. The van der Waals surface area contributed by atoms with Crippen molar-refractivity contribution in [3.8, 4) is 0 Å². The molecule has 0 spiro atoms. The predicted octanol–water partition coefficient (Wildman–Crippen LogP) is 3.19. The van der Waals surface area contributed by atoms with Gasteiger partial charge in [0.05, 0.1) is 11.3 Å². The number of aromatic nitrogens is 1. The molecule has 8 heteroatoms. The lowest BCUT2D eigenvalue weighted by molar-refractivity contribution is 0.0737. The number of carbonyl (C=O) groups is 1. The summed E-state index contributed by atoms with van der Waals surface area (Å²) in [7, 11) is 1.89. The third-order valence-electron chi connectivity index (χ3n) is 5.84. The van der Waals surface area contributed by atoms with Gasteiger partial charge in [-0.1, -0.05) is 0 Å². The molecule has 4 N–H and O–H groups in total. The van der Waals surface area contributed by atoms with Crippen LogP contribution < -0.4 is 16.6 Å². The second-order valence-corrected chi connectivity index (χ2v) is 8.02. The standard InChI is InChI=1S/C25H26FN5O2/c1-28-15-21-3-2-10-31(21)25(33)16-4-7-20(8-5-16)29-14-18(13-27)22-12-17-11-19(26)6-9-23(17)30-24(22)32/h4-9,11-14,21,28H,2-3,10,15,27H2,1H3,(H,30,32)/t21-/m0/s1. The Kier molecular flexibility index (Phi) is 6.65. The summed E-state index contributed by atoms with van der Waals surface area (Å²) in [4.78, 5) is 34.4. The molecule has 7 nitrogen and oxygen atoms in total. The van der Waals surface area contributed by atoms with E-state index in [2.05, 4.69) is 15.3 Å². The fourth-order valence-corrected chi connectivity index (χ4v) is 4.15. The molecule has 1 atom stereocenters. The number of nitrogens with two attached hydrogens (primary N) is 1. The van der Waals surface area contributed by atoms with Gasteiger partial charge in [0.25, 0.3) is 11.5 Å². The number of likely N-dealkylation sites (N-methyl/N-ethyl adjacent to an activating group) is 1. The van der Waals surface area contributed by atoms with Crippen LogP contribution in [-0.4, -0.2) is 48.2 Å². The van der Waals surface area contributed by atoms with E-state index in [1.807, 2.05) is 11.9 Å². The molecule has 2 aromatic carbocycles. The van der Waals surface area contributed by atoms with Gasteiger partial charge >= 0.3 is 0 Å². The van der Waals surface area contributed by atoms with Gasteiger partial charge in [0, 0.05) is 53.6 Å². The van der Waals surface area contributed by atoms with Gasteiger partial charge in [-0.3, -0.25) is 14.6 Å². The molecule has 3 aromatic rings. The monoisotopic (exact) mass is 447 g/mol. The number of rotatable bonds is 6. The summed E-state index contributed by atoms with van der Waals surface area (Å²) in [5, 5.41) is 3.70. The number of likely N-dealkylation sites (tertiary alicyclic amines) is 1. The van der Waals surface area contributed by atoms with E-state index in [-0.39, 0.29) is 23.1 Å². The minimum Gasteiger partial charge on any atom is -0.404 e. The molecule has 0 radical (unpaired) electrons. The van der Waals surface area contributed by atoms with E-state index in [1.54, 1.807) is 30.3 Å². The first-order chi connectivity index (χ1) is 16.0. The third kappa shape index (κ3) is 4.85. The Morgan fingerprint density at radius 2 is 2.06 bits per heavy atom. The number of halogens is 1. The largest absolute Gasteiger partial charge is 0.404 e. The summed E-state index contributed by atoms with van der Waals surface area (Å²) >= 11 is 0. The highest BCUT2D eigenvalue weighted by molar-refractivity contribution is 6.11. The summed E-state index contributed by atoms with van der Waals surface area (Å²) in [6, 6.07) is 13.0. The second kappa shape index (κ2) is 9.79. The van der Waals surface area contributed by atoms with Gasteiger partial charge in [-0.25, -0.2) is 4.39 Å². The number of carbonyl (C=O) groups excluding carboxylic acids is 1. The van der Waals surface area contributed by atoms with Crippen molar-refractivity contribution >= 4 is 34.3 Å². The third-order valence-corrected chi connectivity index (χ3v) is 5.84. The molecule has 1 aliphatic rings. The Balaban J connectivity index is 1.53.